The molecule has 1 aromatic carbocycles. The van der Waals surface area contributed by atoms with Gasteiger partial charge in [-0.2, -0.15) is 0 Å². The number of amides is 4. The van der Waals surface area contributed by atoms with Crippen molar-refractivity contribution in [1.82, 2.24) is 5.32 Å². The molecule has 2 aromatic heterocycles. The number of imide groups is 2. The Labute approximate surface area is 176 Å². The Balaban J connectivity index is 1.54. The molecule has 7 nitrogen and oxygen atoms in total. The van der Waals surface area contributed by atoms with Crippen LogP contribution in [0.15, 0.2) is 74.3 Å². The van der Waals surface area contributed by atoms with Crippen LogP contribution in [-0.4, -0.2) is 17.8 Å². The molecule has 1 saturated heterocycles. The molecular formula is C22H18N2O5S. The number of urea groups is 1. The van der Waals surface area contributed by atoms with Gasteiger partial charge in [0.25, 0.3) is 11.8 Å². The number of barbiturate groups is 1. The minimum absolute atomic E-state index is 0.175. The van der Waals surface area contributed by atoms with Gasteiger partial charge in [0.1, 0.15) is 17.1 Å². The lowest BCUT2D eigenvalue weighted by molar-refractivity contribution is -0.122. The quantitative estimate of drug-likeness (QED) is 0.360. The van der Waals surface area contributed by atoms with Crippen molar-refractivity contribution in [1.29, 1.82) is 0 Å². The highest BCUT2D eigenvalue weighted by atomic mass is 32.2. The molecule has 0 unspecified atom stereocenters. The van der Waals surface area contributed by atoms with Gasteiger partial charge in [-0.25, -0.2) is 9.69 Å². The molecule has 0 atom stereocenters. The van der Waals surface area contributed by atoms with E-state index in [0.29, 0.717) is 22.3 Å². The van der Waals surface area contributed by atoms with Crippen molar-refractivity contribution in [3.05, 3.63) is 77.5 Å². The number of carbonyl (C=O) groups is 3. The number of hydrogen-bond donors (Lipinski definition) is 1. The zero-order chi connectivity index (χ0) is 21.1. The number of nitrogens with one attached hydrogen (secondary N) is 1. The Morgan fingerprint density at radius 2 is 1.87 bits per heavy atom. The smallest absolute Gasteiger partial charge is 0.335 e. The standard InChI is InChI=1S/C22H18N2O5S/c1-2-14-5-7-15(8-6-14)24-21(26)18(20(25)23-22(24)27)12-16-9-10-19(29-16)30-13-17-4-3-11-28-17/h3-12H,2,13H2,1H3,(H,23,25,27)/b18-12-. The van der Waals surface area contributed by atoms with E-state index in [1.54, 1.807) is 30.5 Å². The fourth-order valence-electron chi connectivity index (χ4n) is 2.94. The van der Waals surface area contributed by atoms with Crippen molar-refractivity contribution >= 4 is 41.4 Å². The van der Waals surface area contributed by atoms with Crippen LogP contribution in [0.3, 0.4) is 0 Å². The molecule has 0 saturated carbocycles. The molecule has 30 heavy (non-hydrogen) atoms. The highest BCUT2D eigenvalue weighted by Crippen LogP contribution is 2.27. The second-order valence-electron chi connectivity index (χ2n) is 6.50. The van der Waals surface area contributed by atoms with Crippen molar-refractivity contribution in [2.75, 3.05) is 4.90 Å². The molecule has 0 aliphatic carbocycles. The van der Waals surface area contributed by atoms with Gasteiger partial charge in [0.2, 0.25) is 0 Å². The molecule has 3 heterocycles. The lowest BCUT2D eigenvalue weighted by Crippen LogP contribution is -2.54. The van der Waals surface area contributed by atoms with Crippen LogP contribution < -0.4 is 10.2 Å². The van der Waals surface area contributed by atoms with Crippen molar-refractivity contribution in [2.45, 2.75) is 24.2 Å². The first-order valence-electron chi connectivity index (χ1n) is 9.30. The van der Waals surface area contributed by atoms with Crippen molar-refractivity contribution in [2.24, 2.45) is 0 Å². The molecule has 152 valence electrons. The molecule has 4 rings (SSSR count). The van der Waals surface area contributed by atoms with Gasteiger partial charge in [0, 0.05) is 0 Å². The van der Waals surface area contributed by atoms with E-state index in [2.05, 4.69) is 5.32 Å². The highest BCUT2D eigenvalue weighted by molar-refractivity contribution is 7.98. The van der Waals surface area contributed by atoms with Gasteiger partial charge < -0.3 is 8.83 Å². The van der Waals surface area contributed by atoms with E-state index < -0.39 is 17.8 Å². The number of thioether (sulfide) groups is 1. The molecule has 0 bridgehead atoms. The third kappa shape index (κ3) is 4.08. The lowest BCUT2D eigenvalue weighted by Gasteiger charge is -2.26. The molecule has 4 amide bonds. The zero-order valence-electron chi connectivity index (χ0n) is 16.1. The number of rotatable bonds is 6. The predicted molar refractivity (Wildman–Crippen MR) is 112 cm³/mol. The number of aryl methyl sites for hydroxylation is 1. The molecule has 0 spiro atoms. The van der Waals surface area contributed by atoms with Crippen molar-refractivity contribution in [3.63, 3.8) is 0 Å². The third-order valence-electron chi connectivity index (χ3n) is 4.53. The predicted octanol–water partition coefficient (Wildman–Crippen LogP) is 4.39. The van der Waals surface area contributed by atoms with Gasteiger partial charge >= 0.3 is 6.03 Å². The Kier molecular flexibility index (Phi) is 5.58. The number of benzene rings is 1. The molecule has 1 aliphatic rings. The monoisotopic (exact) mass is 422 g/mol. The van der Waals surface area contributed by atoms with Crippen LogP contribution in [0.5, 0.6) is 0 Å². The van der Waals surface area contributed by atoms with E-state index in [1.165, 1.54) is 17.8 Å². The van der Waals surface area contributed by atoms with Crippen molar-refractivity contribution < 1.29 is 23.2 Å². The number of nitrogens with zero attached hydrogens (tertiary/aromatic N) is 1. The molecule has 3 aromatic rings. The van der Waals surface area contributed by atoms with Crippen LogP contribution in [-0.2, 0) is 21.8 Å². The second kappa shape index (κ2) is 8.46. The summed E-state index contributed by atoms with van der Waals surface area (Å²) < 4.78 is 11.0. The first kappa shape index (κ1) is 19.8. The maximum Gasteiger partial charge on any atom is 0.335 e. The van der Waals surface area contributed by atoms with Gasteiger partial charge in [-0.15, -0.1) is 0 Å². The number of carbonyl (C=O) groups excluding carboxylic acids is 3. The summed E-state index contributed by atoms with van der Waals surface area (Å²) in [5.74, 6) is 0.278. The van der Waals surface area contributed by atoms with E-state index in [4.69, 9.17) is 8.83 Å². The summed E-state index contributed by atoms with van der Waals surface area (Å²) in [7, 11) is 0. The van der Waals surface area contributed by atoms with Gasteiger partial charge in [0.05, 0.1) is 17.7 Å². The first-order chi connectivity index (χ1) is 14.5. The van der Waals surface area contributed by atoms with Crippen LogP contribution >= 0.6 is 11.8 Å². The van der Waals surface area contributed by atoms with Crippen LogP contribution in [0.4, 0.5) is 10.5 Å². The van der Waals surface area contributed by atoms with Gasteiger partial charge in [-0.3, -0.25) is 14.9 Å². The van der Waals surface area contributed by atoms with Gasteiger partial charge in [0.15, 0.2) is 5.09 Å². The summed E-state index contributed by atoms with van der Waals surface area (Å²) in [5, 5.41) is 2.82. The van der Waals surface area contributed by atoms with E-state index in [1.807, 2.05) is 31.2 Å². The van der Waals surface area contributed by atoms with E-state index in [-0.39, 0.29) is 5.57 Å². The number of furan rings is 2. The fourth-order valence-corrected chi connectivity index (χ4v) is 3.71. The van der Waals surface area contributed by atoms with Crippen LogP contribution in [0, 0.1) is 0 Å². The largest absolute Gasteiger partial charge is 0.468 e. The Morgan fingerprint density at radius 1 is 1.07 bits per heavy atom. The van der Waals surface area contributed by atoms with E-state index in [0.717, 1.165) is 22.6 Å². The molecule has 0 radical (unpaired) electrons. The van der Waals surface area contributed by atoms with Gasteiger partial charge in [-0.05, 0) is 54.5 Å². The fraction of sp³-hybridized carbons (Fsp3) is 0.136. The minimum atomic E-state index is -0.777. The number of hydrogen-bond acceptors (Lipinski definition) is 6. The highest BCUT2D eigenvalue weighted by Gasteiger charge is 2.37. The maximum atomic E-state index is 12.9. The first-order valence-corrected chi connectivity index (χ1v) is 10.3. The summed E-state index contributed by atoms with van der Waals surface area (Å²) in [6.07, 6.45) is 3.78. The molecule has 1 aliphatic heterocycles. The zero-order valence-corrected chi connectivity index (χ0v) is 16.9. The second-order valence-corrected chi connectivity index (χ2v) is 7.48. The summed E-state index contributed by atoms with van der Waals surface area (Å²) >= 11 is 1.42. The average Bonchev–Trinajstić information content (AvgIpc) is 3.42. The van der Waals surface area contributed by atoms with Crippen LogP contribution in [0.25, 0.3) is 6.08 Å². The molecule has 8 heteroatoms. The number of anilines is 1. The molecular weight excluding hydrogens is 404 g/mol. The Hall–Kier alpha value is -3.52. The summed E-state index contributed by atoms with van der Waals surface area (Å²) in [6.45, 7) is 2.01. The molecule has 1 fully saturated rings. The lowest BCUT2D eigenvalue weighted by atomic mass is 10.1. The SMILES string of the molecule is CCc1ccc(N2C(=O)NC(=O)/C(=C/c3ccc(SCc4ccco4)o3)C2=O)cc1. The van der Waals surface area contributed by atoms with Gasteiger partial charge in [-0.1, -0.05) is 30.8 Å². The minimum Gasteiger partial charge on any atom is -0.468 e. The normalized spacial score (nSPS) is 15.7. The maximum absolute atomic E-state index is 12.9. The topological polar surface area (TPSA) is 92.8 Å². The Bertz CT molecular complexity index is 1110. The van der Waals surface area contributed by atoms with Crippen LogP contribution in [0.1, 0.15) is 24.0 Å². The molecule has 1 N–H and O–H groups in total. The van der Waals surface area contributed by atoms with E-state index >= 15 is 0 Å². The summed E-state index contributed by atoms with van der Waals surface area (Å²) in [4.78, 5) is 38.4. The Morgan fingerprint density at radius 3 is 2.57 bits per heavy atom. The van der Waals surface area contributed by atoms with Crippen LogP contribution in [0.2, 0.25) is 0 Å². The summed E-state index contributed by atoms with van der Waals surface area (Å²) in [6, 6.07) is 13.3. The summed E-state index contributed by atoms with van der Waals surface area (Å²) in [5.41, 5.74) is 1.29. The average molecular weight is 422 g/mol. The third-order valence-corrected chi connectivity index (χ3v) is 5.46. The van der Waals surface area contributed by atoms with E-state index in [9.17, 15) is 14.4 Å². The van der Waals surface area contributed by atoms with Crippen molar-refractivity contribution in [3.8, 4) is 0 Å².